The number of benzene rings is 1. The molecule has 2 heteroatoms. The van der Waals surface area contributed by atoms with Crippen molar-refractivity contribution < 1.29 is 5.11 Å². The van der Waals surface area contributed by atoms with Crippen molar-refractivity contribution in [3.63, 3.8) is 0 Å². The molecule has 0 saturated carbocycles. The molecule has 84 valence electrons. The lowest BCUT2D eigenvalue weighted by Gasteiger charge is -2.07. The quantitative estimate of drug-likeness (QED) is 0.724. The summed E-state index contributed by atoms with van der Waals surface area (Å²) in [6.07, 6.45) is 5.41. The number of aryl methyl sites for hydroxylation is 1. The third kappa shape index (κ3) is 5.08. The standard InChI is InChI=1S/C13H19ClO/c1-2-5-12(14)8-3-6-11-7-4-9-13(15)10-11/h4,7,9-10,12,15H,2-3,5-6,8H2,1H3. The van der Waals surface area contributed by atoms with Gasteiger partial charge < -0.3 is 5.11 Å². The summed E-state index contributed by atoms with van der Waals surface area (Å²) in [6.45, 7) is 2.16. The van der Waals surface area contributed by atoms with Crippen LogP contribution < -0.4 is 0 Å². The highest BCUT2D eigenvalue weighted by Gasteiger charge is 2.03. The molecular weight excluding hydrogens is 208 g/mol. The number of halogens is 1. The van der Waals surface area contributed by atoms with E-state index in [4.69, 9.17) is 11.6 Å². The topological polar surface area (TPSA) is 20.2 Å². The number of hydrogen-bond donors (Lipinski definition) is 1. The van der Waals surface area contributed by atoms with Crippen molar-refractivity contribution in [2.24, 2.45) is 0 Å². The zero-order chi connectivity index (χ0) is 11.1. The molecule has 0 aliphatic rings. The van der Waals surface area contributed by atoms with Gasteiger partial charge in [-0.2, -0.15) is 0 Å². The summed E-state index contributed by atoms with van der Waals surface area (Å²) < 4.78 is 0. The molecule has 1 nitrogen and oxygen atoms in total. The maximum Gasteiger partial charge on any atom is 0.115 e. The lowest BCUT2D eigenvalue weighted by Crippen LogP contribution is -1.98. The predicted molar refractivity (Wildman–Crippen MR) is 65.6 cm³/mol. The molecule has 0 radical (unpaired) electrons. The first-order chi connectivity index (χ1) is 7.22. The monoisotopic (exact) mass is 226 g/mol. The number of rotatable bonds is 6. The zero-order valence-electron chi connectivity index (χ0n) is 9.25. The molecule has 15 heavy (non-hydrogen) atoms. The van der Waals surface area contributed by atoms with E-state index in [1.807, 2.05) is 18.2 Å². The number of aromatic hydroxyl groups is 1. The van der Waals surface area contributed by atoms with Gasteiger partial charge in [0, 0.05) is 5.38 Å². The summed E-state index contributed by atoms with van der Waals surface area (Å²) in [5.41, 5.74) is 1.19. The van der Waals surface area contributed by atoms with Crippen LogP contribution >= 0.6 is 11.6 Å². The average Bonchev–Trinajstić information content (AvgIpc) is 2.18. The van der Waals surface area contributed by atoms with Crippen LogP contribution in [-0.2, 0) is 6.42 Å². The van der Waals surface area contributed by atoms with Crippen LogP contribution in [0.2, 0.25) is 0 Å². The molecule has 1 aromatic carbocycles. The summed E-state index contributed by atoms with van der Waals surface area (Å²) in [6, 6.07) is 7.45. The second-order valence-corrected chi connectivity index (χ2v) is 4.57. The Bertz CT molecular complexity index is 286. The Morgan fingerprint density at radius 2 is 2.13 bits per heavy atom. The van der Waals surface area contributed by atoms with E-state index in [1.165, 1.54) is 5.56 Å². The van der Waals surface area contributed by atoms with Crippen LogP contribution in [0, 0.1) is 0 Å². The van der Waals surface area contributed by atoms with Gasteiger partial charge >= 0.3 is 0 Å². The minimum absolute atomic E-state index is 0.312. The van der Waals surface area contributed by atoms with Crippen molar-refractivity contribution in [2.45, 2.75) is 44.4 Å². The van der Waals surface area contributed by atoms with E-state index in [2.05, 4.69) is 6.92 Å². The summed E-state index contributed by atoms with van der Waals surface area (Å²) in [5.74, 6) is 0.350. The van der Waals surface area contributed by atoms with Gasteiger partial charge in [0.25, 0.3) is 0 Å². The van der Waals surface area contributed by atoms with E-state index >= 15 is 0 Å². The van der Waals surface area contributed by atoms with Crippen molar-refractivity contribution in [1.82, 2.24) is 0 Å². The predicted octanol–water partition coefficient (Wildman–Crippen LogP) is 4.12. The first-order valence-electron chi connectivity index (χ1n) is 5.64. The second kappa shape index (κ2) is 6.73. The third-order valence-electron chi connectivity index (χ3n) is 2.50. The Morgan fingerprint density at radius 1 is 1.33 bits per heavy atom. The number of phenols is 1. The van der Waals surface area contributed by atoms with Crippen molar-refractivity contribution >= 4 is 11.6 Å². The SMILES string of the molecule is CCCC(Cl)CCCc1cccc(O)c1. The second-order valence-electron chi connectivity index (χ2n) is 3.95. The minimum atomic E-state index is 0.312. The van der Waals surface area contributed by atoms with E-state index in [1.54, 1.807) is 6.07 Å². The van der Waals surface area contributed by atoms with Gasteiger partial charge in [-0.1, -0.05) is 25.5 Å². The van der Waals surface area contributed by atoms with E-state index in [0.717, 1.165) is 32.1 Å². The van der Waals surface area contributed by atoms with Gasteiger partial charge in [-0.25, -0.2) is 0 Å². The van der Waals surface area contributed by atoms with Gasteiger partial charge in [0.1, 0.15) is 5.75 Å². The maximum atomic E-state index is 9.28. The van der Waals surface area contributed by atoms with Crippen LogP contribution in [0.1, 0.15) is 38.2 Å². The summed E-state index contributed by atoms with van der Waals surface area (Å²) in [5, 5.41) is 9.59. The van der Waals surface area contributed by atoms with Crippen LogP contribution in [0.25, 0.3) is 0 Å². The van der Waals surface area contributed by atoms with E-state index in [-0.39, 0.29) is 0 Å². The van der Waals surface area contributed by atoms with Crippen molar-refractivity contribution in [2.75, 3.05) is 0 Å². The Labute approximate surface area is 97.1 Å². The molecule has 0 aliphatic carbocycles. The van der Waals surface area contributed by atoms with E-state index in [0.29, 0.717) is 11.1 Å². The molecule has 0 aromatic heterocycles. The minimum Gasteiger partial charge on any atom is -0.508 e. The molecule has 0 amide bonds. The summed E-state index contributed by atoms with van der Waals surface area (Å²) in [4.78, 5) is 0. The van der Waals surface area contributed by atoms with Crippen LogP contribution in [0.3, 0.4) is 0 Å². The molecule has 0 aliphatic heterocycles. The Hall–Kier alpha value is -0.690. The Balaban J connectivity index is 2.25. The molecule has 0 fully saturated rings. The summed E-state index contributed by atoms with van der Waals surface area (Å²) >= 11 is 6.13. The molecule has 1 N–H and O–H groups in total. The number of alkyl halides is 1. The Kier molecular flexibility index (Phi) is 5.56. The van der Waals surface area contributed by atoms with Crippen molar-refractivity contribution in [3.05, 3.63) is 29.8 Å². The fourth-order valence-corrected chi connectivity index (χ4v) is 2.07. The molecule has 0 spiro atoms. The maximum absolute atomic E-state index is 9.28. The van der Waals surface area contributed by atoms with E-state index < -0.39 is 0 Å². The van der Waals surface area contributed by atoms with Crippen LogP contribution in [-0.4, -0.2) is 10.5 Å². The van der Waals surface area contributed by atoms with Gasteiger partial charge in [-0.3, -0.25) is 0 Å². The van der Waals surface area contributed by atoms with Gasteiger partial charge in [0.2, 0.25) is 0 Å². The number of phenolic OH excluding ortho intramolecular Hbond substituents is 1. The normalized spacial score (nSPS) is 12.7. The molecule has 1 unspecified atom stereocenters. The van der Waals surface area contributed by atoms with Crippen molar-refractivity contribution in [1.29, 1.82) is 0 Å². The Morgan fingerprint density at radius 3 is 2.80 bits per heavy atom. The van der Waals surface area contributed by atoms with Crippen LogP contribution in [0.4, 0.5) is 0 Å². The van der Waals surface area contributed by atoms with Gasteiger partial charge in [-0.05, 0) is 43.4 Å². The lowest BCUT2D eigenvalue weighted by atomic mass is 10.1. The van der Waals surface area contributed by atoms with Crippen LogP contribution in [0.15, 0.2) is 24.3 Å². The van der Waals surface area contributed by atoms with Crippen molar-refractivity contribution in [3.8, 4) is 5.75 Å². The smallest absolute Gasteiger partial charge is 0.115 e. The molecular formula is C13H19ClO. The molecule has 1 aromatic rings. The van der Waals surface area contributed by atoms with Crippen LogP contribution in [0.5, 0.6) is 5.75 Å². The van der Waals surface area contributed by atoms with Gasteiger partial charge in [0.15, 0.2) is 0 Å². The van der Waals surface area contributed by atoms with Gasteiger partial charge in [-0.15, -0.1) is 11.6 Å². The number of hydrogen-bond acceptors (Lipinski definition) is 1. The largest absolute Gasteiger partial charge is 0.508 e. The first kappa shape index (κ1) is 12.4. The first-order valence-corrected chi connectivity index (χ1v) is 6.08. The highest BCUT2D eigenvalue weighted by atomic mass is 35.5. The molecule has 0 saturated heterocycles. The van der Waals surface area contributed by atoms with Gasteiger partial charge in [0.05, 0.1) is 0 Å². The molecule has 0 heterocycles. The highest BCUT2D eigenvalue weighted by molar-refractivity contribution is 6.20. The fourth-order valence-electron chi connectivity index (χ4n) is 1.70. The molecule has 1 rings (SSSR count). The highest BCUT2D eigenvalue weighted by Crippen LogP contribution is 2.16. The lowest BCUT2D eigenvalue weighted by molar-refractivity contribution is 0.474. The third-order valence-corrected chi connectivity index (χ3v) is 2.93. The molecule has 1 atom stereocenters. The fraction of sp³-hybridized carbons (Fsp3) is 0.538. The molecule has 0 bridgehead atoms. The average molecular weight is 227 g/mol. The zero-order valence-corrected chi connectivity index (χ0v) is 10.0. The summed E-state index contributed by atoms with van der Waals surface area (Å²) in [7, 11) is 0. The van der Waals surface area contributed by atoms with E-state index in [9.17, 15) is 5.11 Å².